The first-order valence-corrected chi connectivity index (χ1v) is 11.1. The number of carbonyl (C=O) groups excluding carboxylic acids is 2. The molecule has 1 aliphatic heterocycles. The monoisotopic (exact) mass is 407 g/mol. The van der Waals surface area contributed by atoms with Crippen molar-refractivity contribution >= 4 is 32.7 Å². The summed E-state index contributed by atoms with van der Waals surface area (Å²) in [5, 5.41) is 0.859. The van der Waals surface area contributed by atoms with Gasteiger partial charge in [0.25, 0.3) is 5.91 Å². The molecule has 2 aromatic rings. The van der Waals surface area contributed by atoms with Gasteiger partial charge in [0.05, 0.1) is 24.2 Å². The first-order chi connectivity index (χ1) is 13.2. The molecule has 1 aliphatic rings. The highest BCUT2D eigenvalue weighted by molar-refractivity contribution is 7.91. The fourth-order valence-corrected chi connectivity index (χ4v) is 5.29. The van der Waals surface area contributed by atoms with Crippen LogP contribution < -0.4 is 0 Å². The van der Waals surface area contributed by atoms with Gasteiger partial charge in [0.2, 0.25) is 0 Å². The molecule has 0 aliphatic carbocycles. The molecule has 0 radical (unpaired) electrons. The summed E-state index contributed by atoms with van der Waals surface area (Å²) >= 11 is 0. The zero-order chi connectivity index (χ0) is 20.5. The standard InChI is InChI=1S/C20H25NO6S/c1-4-21(16-5-6-28(24,25)12-16)19(22)11-27-20(23)9-15-10-26-18-8-14(3)13(2)7-17(15)18/h7-8,10,16H,4-6,9,11-12H2,1-3H3/t16-/m0/s1. The van der Waals surface area contributed by atoms with Crippen molar-refractivity contribution in [1.29, 1.82) is 0 Å². The summed E-state index contributed by atoms with van der Waals surface area (Å²) in [6.45, 7) is 5.75. The van der Waals surface area contributed by atoms with E-state index in [9.17, 15) is 18.0 Å². The lowest BCUT2D eigenvalue weighted by atomic mass is 10.0. The van der Waals surface area contributed by atoms with Crippen molar-refractivity contribution in [1.82, 2.24) is 4.90 Å². The molecular weight excluding hydrogens is 382 g/mol. The first-order valence-electron chi connectivity index (χ1n) is 9.33. The zero-order valence-electron chi connectivity index (χ0n) is 16.4. The number of sulfone groups is 1. The molecule has 152 valence electrons. The Morgan fingerprint density at radius 1 is 1.25 bits per heavy atom. The molecule has 3 rings (SSSR count). The molecule has 1 fully saturated rings. The van der Waals surface area contributed by atoms with E-state index >= 15 is 0 Å². The van der Waals surface area contributed by atoms with E-state index in [0.717, 1.165) is 16.5 Å². The average Bonchev–Trinajstić information content (AvgIpc) is 3.17. The number of benzene rings is 1. The number of hydrogen-bond acceptors (Lipinski definition) is 6. The zero-order valence-corrected chi connectivity index (χ0v) is 17.2. The molecule has 1 aromatic carbocycles. The number of fused-ring (bicyclic) bond motifs is 1. The molecule has 1 aromatic heterocycles. The summed E-state index contributed by atoms with van der Waals surface area (Å²) in [7, 11) is -3.09. The minimum atomic E-state index is -3.09. The highest BCUT2D eigenvalue weighted by Crippen LogP contribution is 2.25. The smallest absolute Gasteiger partial charge is 0.310 e. The summed E-state index contributed by atoms with van der Waals surface area (Å²) in [6, 6.07) is 3.56. The molecule has 1 atom stereocenters. The van der Waals surface area contributed by atoms with Gasteiger partial charge in [0.15, 0.2) is 16.4 Å². The molecule has 0 saturated carbocycles. The van der Waals surface area contributed by atoms with E-state index in [1.54, 1.807) is 6.92 Å². The number of furan rings is 1. The van der Waals surface area contributed by atoms with Crippen LogP contribution >= 0.6 is 0 Å². The van der Waals surface area contributed by atoms with E-state index in [4.69, 9.17) is 9.15 Å². The fourth-order valence-electron chi connectivity index (χ4n) is 3.56. The lowest BCUT2D eigenvalue weighted by molar-refractivity contribution is -0.152. The molecule has 1 saturated heterocycles. The molecule has 0 bridgehead atoms. The van der Waals surface area contributed by atoms with Crippen molar-refractivity contribution in [2.24, 2.45) is 0 Å². The van der Waals surface area contributed by atoms with E-state index in [0.29, 0.717) is 24.1 Å². The lowest BCUT2D eigenvalue weighted by Gasteiger charge is -2.26. The quantitative estimate of drug-likeness (QED) is 0.681. The maximum atomic E-state index is 12.4. The number of ether oxygens (including phenoxy) is 1. The van der Waals surface area contributed by atoms with Gasteiger partial charge in [-0.2, -0.15) is 0 Å². The third kappa shape index (κ3) is 4.38. The predicted octanol–water partition coefficient (Wildman–Crippen LogP) is 2.17. The molecule has 0 N–H and O–H groups in total. The summed E-state index contributed by atoms with van der Waals surface area (Å²) in [4.78, 5) is 26.1. The third-order valence-electron chi connectivity index (χ3n) is 5.27. The van der Waals surface area contributed by atoms with Crippen molar-refractivity contribution in [3.8, 4) is 0 Å². The minimum absolute atomic E-state index is 0.00666. The van der Waals surface area contributed by atoms with Gasteiger partial charge in [-0.25, -0.2) is 8.42 Å². The Labute approximate surface area is 164 Å². The molecule has 0 spiro atoms. The summed E-state index contributed by atoms with van der Waals surface area (Å²) < 4.78 is 34.0. The van der Waals surface area contributed by atoms with E-state index in [-0.39, 0.29) is 29.9 Å². The lowest BCUT2D eigenvalue weighted by Crippen LogP contribution is -2.43. The summed E-state index contributed by atoms with van der Waals surface area (Å²) in [5.74, 6) is -0.834. The highest BCUT2D eigenvalue weighted by Gasteiger charge is 2.34. The number of esters is 1. The highest BCUT2D eigenvalue weighted by atomic mass is 32.2. The largest absolute Gasteiger partial charge is 0.464 e. The fraction of sp³-hybridized carbons (Fsp3) is 0.500. The summed E-state index contributed by atoms with van der Waals surface area (Å²) in [6.07, 6.45) is 1.97. The van der Waals surface area contributed by atoms with Gasteiger partial charge < -0.3 is 14.1 Å². The molecule has 0 unspecified atom stereocenters. The predicted molar refractivity (Wildman–Crippen MR) is 105 cm³/mol. The van der Waals surface area contributed by atoms with Crippen LogP contribution in [0.25, 0.3) is 11.0 Å². The Balaban J connectivity index is 1.59. The van der Waals surface area contributed by atoms with Crippen LogP contribution in [0.3, 0.4) is 0 Å². The Kier molecular flexibility index (Phi) is 5.79. The van der Waals surface area contributed by atoms with Crippen LogP contribution in [0.2, 0.25) is 0 Å². The number of rotatable bonds is 6. The number of amides is 1. The maximum absolute atomic E-state index is 12.4. The van der Waals surface area contributed by atoms with Gasteiger partial charge >= 0.3 is 5.97 Å². The van der Waals surface area contributed by atoms with Crippen molar-refractivity contribution in [3.63, 3.8) is 0 Å². The molecule has 8 heteroatoms. The normalized spacial score (nSPS) is 18.3. The molecular formula is C20H25NO6S. The molecule has 2 heterocycles. The number of nitrogens with zero attached hydrogens (tertiary/aromatic N) is 1. The number of aryl methyl sites for hydroxylation is 2. The Morgan fingerprint density at radius 3 is 2.61 bits per heavy atom. The van der Waals surface area contributed by atoms with Crippen LogP contribution in [-0.2, 0) is 30.6 Å². The van der Waals surface area contributed by atoms with E-state index in [1.807, 2.05) is 26.0 Å². The van der Waals surface area contributed by atoms with E-state index in [1.165, 1.54) is 11.2 Å². The second-order valence-corrected chi connectivity index (χ2v) is 9.50. The van der Waals surface area contributed by atoms with Crippen molar-refractivity contribution in [2.75, 3.05) is 24.7 Å². The van der Waals surface area contributed by atoms with Crippen LogP contribution in [0.5, 0.6) is 0 Å². The van der Waals surface area contributed by atoms with Gasteiger partial charge in [-0.05, 0) is 50.5 Å². The van der Waals surface area contributed by atoms with E-state index < -0.39 is 22.4 Å². The van der Waals surface area contributed by atoms with Gasteiger partial charge in [-0.3, -0.25) is 9.59 Å². The number of hydrogen-bond donors (Lipinski definition) is 0. The minimum Gasteiger partial charge on any atom is -0.464 e. The van der Waals surface area contributed by atoms with Crippen LogP contribution in [0, 0.1) is 13.8 Å². The van der Waals surface area contributed by atoms with Crippen molar-refractivity contribution in [2.45, 2.75) is 39.7 Å². The van der Waals surface area contributed by atoms with Gasteiger partial charge in [0.1, 0.15) is 5.58 Å². The number of carbonyl (C=O) groups is 2. The van der Waals surface area contributed by atoms with Gasteiger partial charge in [-0.1, -0.05) is 0 Å². The van der Waals surface area contributed by atoms with Crippen molar-refractivity contribution in [3.05, 3.63) is 35.1 Å². The maximum Gasteiger partial charge on any atom is 0.310 e. The molecule has 7 nitrogen and oxygen atoms in total. The Morgan fingerprint density at radius 2 is 1.96 bits per heavy atom. The Bertz CT molecular complexity index is 1010. The third-order valence-corrected chi connectivity index (χ3v) is 7.02. The second-order valence-electron chi connectivity index (χ2n) is 7.27. The summed E-state index contributed by atoms with van der Waals surface area (Å²) in [5.41, 5.74) is 3.63. The molecule has 28 heavy (non-hydrogen) atoms. The second kappa shape index (κ2) is 7.95. The Hall–Kier alpha value is -2.35. The van der Waals surface area contributed by atoms with Gasteiger partial charge in [-0.15, -0.1) is 0 Å². The van der Waals surface area contributed by atoms with Crippen LogP contribution in [0.1, 0.15) is 30.0 Å². The van der Waals surface area contributed by atoms with E-state index in [2.05, 4.69) is 0 Å². The van der Waals surface area contributed by atoms with Crippen LogP contribution in [-0.4, -0.2) is 55.9 Å². The first kappa shape index (κ1) is 20.4. The average molecular weight is 407 g/mol. The number of likely N-dealkylation sites (N-methyl/N-ethyl adjacent to an activating group) is 1. The van der Waals surface area contributed by atoms with Crippen molar-refractivity contribution < 1.29 is 27.2 Å². The van der Waals surface area contributed by atoms with Gasteiger partial charge in [0, 0.05) is 23.5 Å². The van der Waals surface area contributed by atoms with Crippen LogP contribution in [0.4, 0.5) is 0 Å². The molecule has 1 amide bonds. The van der Waals surface area contributed by atoms with Crippen LogP contribution in [0.15, 0.2) is 22.8 Å². The SMILES string of the molecule is CCN(C(=O)COC(=O)Cc1coc2cc(C)c(C)cc12)[C@H]1CCS(=O)(=O)C1. The topological polar surface area (TPSA) is 93.9 Å².